The van der Waals surface area contributed by atoms with Gasteiger partial charge in [-0.2, -0.15) is 5.10 Å². The highest BCUT2D eigenvalue weighted by molar-refractivity contribution is 9.10. The summed E-state index contributed by atoms with van der Waals surface area (Å²) in [5, 5.41) is 7.41. The molecule has 0 aliphatic carbocycles. The van der Waals surface area contributed by atoms with Gasteiger partial charge in [0.05, 0.1) is 5.39 Å². The van der Waals surface area contributed by atoms with Gasteiger partial charge in [0.1, 0.15) is 0 Å². The monoisotopic (exact) mass is 268 g/mol. The number of halogens is 1. The summed E-state index contributed by atoms with van der Waals surface area (Å²) in [6.07, 6.45) is 1.68. The number of carbonyl (C=O) groups is 1. The van der Waals surface area contributed by atoms with Gasteiger partial charge < -0.3 is 5.32 Å². The zero-order valence-corrected chi connectivity index (χ0v) is 9.87. The maximum Gasteiger partial charge on any atom is 0.272 e. The molecule has 0 aliphatic heterocycles. The van der Waals surface area contributed by atoms with Crippen LogP contribution < -0.4 is 5.32 Å². The maximum absolute atomic E-state index is 11.5. The summed E-state index contributed by atoms with van der Waals surface area (Å²) in [6, 6.07) is 1.83. The minimum absolute atomic E-state index is 0.208. The number of amides is 1. The van der Waals surface area contributed by atoms with Crippen molar-refractivity contribution in [2.45, 2.75) is 0 Å². The number of hydrogen-bond donors (Lipinski definition) is 1. The van der Waals surface area contributed by atoms with Gasteiger partial charge in [0, 0.05) is 24.8 Å². The third-order valence-electron chi connectivity index (χ3n) is 2.09. The molecule has 5 nitrogen and oxygen atoms in total. The molecule has 0 saturated carbocycles. The average Bonchev–Trinajstić information content (AvgIpc) is 2.54. The van der Waals surface area contributed by atoms with E-state index in [9.17, 15) is 4.79 Å². The van der Waals surface area contributed by atoms with Gasteiger partial charge in [-0.05, 0) is 22.0 Å². The second-order valence-corrected chi connectivity index (χ2v) is 3.99. The second kappa shape index (κ2) is 3.62. The van der Waals surface area contributed by atoms with Crippen LogP contribution in [0.5, 0.6) is 0 Å². The Morgan fingerprint density at radius 3 is 3.00 bits per heavy atom. The number of fused-ring (bicyclic) bond motifs is 1. The lowest BCUT2D eigenvalue weighted by molar-refractivity contribution is 0.0959. The van der Waals surface area contributed by atoms with Crippen LogP contribution in [0.3, 0.4) is 0 Å². The molecule has 0 aromatic carbocycles. The van der Waals surface area contributed by atoms with Crippen molar-refractivity contribution in [2.75, 3.05) is 7.05 Å². The fourth-order valence-electron chi connectivity index (χ4n) is 1.40. The van der Waals surface area contributed by atoms with Crippen LogP contribution in [0, 0.1) is 0 Å². The SMILES string of the molecule is CNC(=O)c1nn(C)c2ncc(Br)cc12. The normalized spacial score (nSPS) is 10.6. The number of nitrogens with zero attached hydrogens (tertiary/aromatic N) is 3. The maximum atomic E-state index is 11.5. The van der Waals surface area contributed by atoms with E-state index in [4.69, 9.17) is 0 Å². The Labute approximate surface area is 94.6 Å². The van der Waals surface area contributed by atoms with Crippen LogP contribution in [0.15, 0.2) is 16.7 Å². The lowest BCUT2D eigenvalue weighted by Gasteiger charge is -1.94. The summed E-state index contributed by atoms with van der Waals surface area (Å²) in [5.41, 5.74) is 1.08. The second-order valence-electron chi connectivity index (χ2n) is 3.08. The first-order chi connectivity index (χ1) is 7.13. The molecule has 0 aliphatic rings. The summed E-state index contributed by atoms with van der Waals surface area (Å²) in [5.74, 6) is -0.208. The van der Waals surface area contributed by atoms with Gasteiger partial charge >= 0.3 is 0 Å². The smallest absolute Gasteiger partial charge is 0.272 e. The minimum atomic E-state index is -0.208. The van der Waals surface area contributed by atoms with Crippen molar-refractivity contribution in [3.05, 3.63) is 22.4 Å². The van der Waals surface area contributed by atoms with E-state index < -0.39 is 0 Å². The molecule has 0 bridgehead atoms. The first-order valence-electron chi connectivity index (χ1n) is 4.34. The Kier molecular flexibility index (Phi) is 2.44. The van der Waals surface area contributed by atoms with Crippen molar-refractivity contribution in [2.24, 2.45) is 7.05 Å². The lowest BCUT2D eigenvalue weighted by Crippen LogP contribution is -2.18. The molecule has 0 atom stereocenters. The van der Waals surface area contributed by atoms with Crippen molar-refractivity contribution in [1.82, 2.24) is 20.1 Å². The molecule has 0 saturated heterocycles. The standard InChI is InChI=1S/C9H9BrN4O/c1-11-9(15)7-6-3-5(10)4-12-8(6)14(2)13-7/h3-4H,1-2H3,(H,11,15). The molecule has 0 fully saturated rings. The van der Waals surface area contributed by atoms with Crippen LogP contribution in [0.4, 0.5) is 0 Å². The van der Waals surface area contributed by atoms with E-state index in [1.54, 1.807) is 25.0 Å². The molecule has 2 heterocycles. The summed E-state index contributed by atoms with van der Waals surface area (Å²) < 4.78 is 2.42. The topological polar surface area (TPSA) is 59.8 Å². The fraction of sp³-hybridized carbons (Fsp3) is 0.222. The van der Waals surface area contributed by atoms with Gasteiger partial charge in [0.2, 0.25) is 0 Å². The van der Waals surface area contributed by atoms with Crippen molar-refractivity contribution < 1.29 is 4.79 Å². The minimum Gasteiger partial charge on any atom is -0.354 e. The third-order valence-corrected chi connectivity index (χ3v) is 2.52. The zero-order valence-electron chi connectivity index (χ0n) is 8.28. The summed E-state index contributed by atoms with van der Waals surface area (Å²) in [4.78, 5) is 15.7. The molecule has 2 rings (SSSR count). The molecule has 0 unspecified atom stereocenters. The number of carbonyl (C=O) groups excluding carboxylic acids is 1. The van der Waals surface area contributed by atoms with E-state index in [2.05, 4.69) is 31.3 Å². The van der Waals surface area contributed by atoms with E-state index in [0.29, 0.717) is 11.3 Å². The number of pyridine rings is 1. The van der Waals surface area contributed by atoms with Crippen molar-refractivity contribution in [3.63, 3.8) is 0 Å². The van der Waals surface area contributed by atoms with Gasteiger partial charge in [-0.25, -0.2) is 9.67 Å². The zero-order chi connectivity index (χ0) is 11.0. The largest absolute Gasteiger partial charge is 0.354 e. The van der Waals surface area contributed by atoms with Gasteiger partial charge in [0.25, 0.3) is 5.91 Å². The summed E-state index contributed by atoms with van der Waals surface area (Å²) >= 11 is 3.32. The predicted molar refractivity (Wildman–Crippen MR) is 59.6 cm³/mol. The van der Waals surface area contributed by atoms with E-state index in [1.807, 2.05) is 6.07 Å². The van der Waals surface area contributed by atoms with Crippen LogP contribution in [-0.2, 0) is 7.05 Å². The number of aryl methyl sites for hydroxylation is 1. The Balaban J connectivity index is 2.75. The van der Waals surface area contributed by atoms with E-state index in [1.165, 1.54) is 0 Å². The molecular formula is C9H9BrN4O. The highest BCUT2D eigenvalue weighted by atomic mass is 79.9. The van der Waals surface area contributed by atoms with Crippen molar-refractivity contribution >= 4 is 32.9 Å². The summed E-state index contributed by atoms with van der Waals surface area (Å²) in [6.45, 7) is 0. The third kappa shape index (κ3) is 1.61. The highest BCUT2D eigenvalue weighted by Crippen LogP contribution is 2.19. The molecule has 78 valence electrons. The Hall–Kier alpha value is -1.43. The first kappa shape index (κ1) is 10.1. The Morgan fingerprint density at radius 2 is 2.33 bits per heavy atom. The van der Waals surface area contributed by atoms with Gasteiger partial charge in [-0.1, -0.05) is 0 Å². The molecule has 0 radical (unpaired) electrons. The molecule has 0 spiro atoms. The molecule has 1 amide bonds. The molecular weight excluding hydrogens is 260 g/mol. The lowest BCUT2D eigenvalue weighted by atomic mass is 10.2. The Bertz CT molecular complexity index is 534. The van der Waals surface area contributed by atoms with Crippen LogP contribution in [0.25, 0.3) is 11.0 Å². The van der Waals surface area contributed by atoms with Crippen molar-refractivity contribution in [3.8, 4) is 0 Å². The van der Waals surface area contributed by atoms with Gasteiger partial charge in [0.15, 0.2) is 11.3 Å². The Morgan fingerprint density at radius 1 is 1.60 bits per heavy atom. The van der Waals surface area contributed by atoms with Gasteiger partial charge in [-0.15, -0.1) is 0 Å². The molecule has 2 aromatic rings. The predicted octanol–water partition coefficient (Wildman–Crippen LogP) is 1.09. The summed E-state index contributed by atoms with van der Waals surface area (Å²) in [7, 11) is 3.34. The first-order valence-corrected chi connectivity index (χ1v) is 5.13. The van der Waals surface area contributed by atoms with Gasteiger partial charge in [-0.3, -0.25) is 4.79 Å². The number of aromatic nitrogens is 3. The fourth-order valence-corrected chi connectivity index (χ4v) is 1.73. The molecule has 15 heavy (non-hydrogen) atoms. The quantitative estimate of drug-likeness (QED) is 0.843. The number of rotatable bonds is 1. The van der Waals surface area contributed by atoms with E-state index in [0.717, 1.165) is 9.86 Å². The molecule has 2 aromatic heterocycles. The van der Waals surface area contributed by atoms with Crippen LogP contribution in [0.2, 0.25) is 0 Å². The van der Waals surface area contributed by atoms with Crippen LogP contribution in [-0.4, -0.2) is 27.7 Å². The van der Waals surface area contributed by atoms with Crippen LogP contribution in [0.1, 0.15) is 10.5 Å². The number of nitrogens with one attached hydrogen (secondary N) is 1. The molecule has 6 heteroatoms. The average molecular weight is 269 g/mol. The van der Waals surface area contributed by atoms with E-state index >= 15 is 0 Å². The molecule has 1 N–H and O–H groups in total. The number of hydrogen-bond acceptors (Lipinski definition) is 3. The highest BCUT2D eigenvalue weighted by Gasteiger charge is 2.15. The van der Waals surface area contributed by atoms with Crippen LogP contribution >= 0.6 is 15.9 Å². The van der Waals surface area contributed by atoms with Crippen molar-refractivity contribution in [1.29, 1.82) is 0 Å². The van der Waals surface area contributed by atoms with E-state index in [-0.39, 0.29) is 5.91 Å².